The third-order valence-electron chi connectivity index (χ3n) is 2.03. The second kappa shape index (κ2) is 3.84. The van der Waals surface area contributed by atoms with Crippen molar-refractivity contribution in [3.05, 3.63) is 0 Å². The van der Waals surface area contributed by atoms with Crippen molar-refractivity contribution in [1.29, 1.82) is 0 Å². The predicted octanol–water partition coefficient (Wildman–Crippen LogP) is 3.67. The lowest BCUT2D eigenvalue weighted by Crippen LogP contribution is -2.62. The molecule has 0 N–H and O–H groups in total. The Labute approximate surface area is 99.8 Å². The molecule has 1 rings (SSSR count). The van der Waals surface area contributed by atoms with Crippen LogP contribution in [-0.2, 0) is 9.47 Å². The molecule has 20 heavy (non-hydrogen) atoms. The van der Waals surface area contributed by atoms with E-state index in [0.717, 1.165) is 0 Å². The van der Waals surface area contributed by atoms with E-state index in [1.54, 1.807) is 0 Å². The average molecular weight is 332 g/mol. The number of hydrogen-bond acceptors (Lipinski definition) is 2. The van der Waals surface area contributed by atoms with Crippen LogP contribution < -0.4 is 0 Å². The molecule has 1 aliphatic rings. The van der Waals surface area contributed by atoms with Gasteiger partial charge in [0, 0.05) is 0 Å². The summed E-state index contributed by atoms with van der Waals surface area (Å²) >= 11 is 0. The van der Waals surface area contributed by atoms with Crippen molar-refractivity contribution in [2.75, 3.05) is 0 Å². The Kier molecular flexibility index (Phi) is 3.29. The van der Waals surface area contributed by atoms with Gasteiger partial charge >= 0.3 is 36.3 Å². The molecule has 2 nitrogen and oxygen atoms in total. The van der Waals surface area contributed by atoms with Gasteiger partial charge < -0.3 is 0 Å². The molecular formula is C6F12O2. The largest absolute Gasteiger partial charge is 0.478 e. The Hall–Kier alpha value is -0.920. The molecule has 2 atom stereocenters. The van der Waals surface area contributed by atoms with Gasteiger partial charge in [-0.2, -0.15) is 52.7 Å². The molecule has 0 aromatic rings. The number of halogens is 12. The molecule has 0 aliphatic carbocycles. The SMILES string of the molecule is FC(F)(F)C1(F)OC(F)(C(F)(F)F)C(F)(C(F)(F)F)O1. The van der Waals surface area contributed by atoms with Crippen LogP contribution in [0.15, 0.2) is 0 Å². The standard InChI is InChI=1S/C6F12O2/c7-1(3(9,10)11)2(8,4(12,13)14)20-6(18,19-1)5(15,16)17. The van der Waals surface area contributed by atoms with E-state index in [1.165, 1.54) is 0 Å². The zero-order valence-corrected chi connectivity index (χ0v) is 8.35. The molecule has 1 saturated heterocycles. The first kappa shape index (κ1) is 17.1. The summed E-state index contributed by atoms with van der Waals surface area (Å²) in [5.41, 5.74) is 0. The fourth-order valence-corrected chi connectivity index (χ4v) is 1.11. The molecule has 0 bridgehead atoms. The van der Waals surface area contributed by atoms with E-state index in [-0.39, 0.29) is 0 Å². The number of rotatable bonds is 0. The van der Waals surface area contributed by atoms with Crippen LogP contribution in [0.2, 0.25) is 0 Å². The van der Waals surface area contributed by atoms with Crippen molar-refractivity contribution in [2.45, 2.75) is 36.3 Å². The molecule has 0 saturated carbocycles. The Balaban J connectivity index is 3.51. The molecule has 1 fully saturated rings. The van der Waals surface area contributed by atoms with Gasteiger partial charge in [-0.25, -0.2) is 0 Å². The van der Waals surface area contributed by atoms with E-state index in [0.29, 0.717) is 0 Å². The highest BCUT2D eigenvalue weighted by molar-refractivity contribution is 5.04. The van der Waals surface area contributed by atoms with Gasteiger partial charge in [0.1, 0.15) is 0 Å². The Morgan fingerprint density at radius 3 is 0.900 bits per heavy atom. The summed E-state index contributed by atoms with van der Waals surface area (Å²) < 4.78 is 151. The van der Waals surface area contributed by atoms with Crippen LogP contribution in [0, 0.1) is 0 Å². The maximum atomic E-state index is 13.1. The molecule has 1 heterocycles. The normalized spacial score (nSPS) is 40.2. The van der Waals surface area contributed by atoms with Crippen LogP contribution >= 0.6 is 0 Å². The predicted molar refractivity (Wildman–Crippen MR) is 31.9 cm³/mol. The topological polar surface area (TPSA) is 18.5 Å². The summed E-state index contributed by atoms with van der Waals surface area (Å²) in [6.45, 7) is 0. The molecule has 120 valence electrons. The summed E-state index contributed by atoms with van der Waals surface area (Å²) in [5, 5.41) is 0. The summed E-state index contributed by atoms with van der Waals surface area (Å²) in [6.07, 6.45) is -20.8. The minimum Gasteiger partial charge on any atom is -0.266 e. The highest BCUT2D eigenvalue weighted by Crippen LogP contribution is 2.63. The van der Waals surface area contributed by atoms with E-state index in [1.807, 2.05) is 9.47 Å². The van der Waals surface area contributed by atoms with Crippen molar-refractivity contribution in [1.82, 2.24) is 0 Å². The molecule has 0 aromatic carbocycles. The van der Waals surface area contributed by atoms with Crippen molar-refractivity contribution in [3.63, 3.8) is 0 Å². The van der Waals surface area contributed by atoms with Gasteiger partial charge in [-0.3, -0.25) is 9.47 Å². The zero-order valence-electron chi connectivity index (χ0n) is 8.35. The lowest BCUT2D eigenvalue weighted by Gasteiger charge is -2.31. The number of ether oxygens (including phenoxy) is 2. The second-order valence-corrected chi connectivity index (χ2v) is 3.42. The van der Waals surface area contributed by atoms with E-state index in [4.69, 9.17) is 0 Å². The van der Waals surface area contributed by atoms with Crippen LogP contribution in [0.3, 0.4) is 0 Å². The molecule has 0 aromatic heterocycles. The van der Waals surface area contributed by atoms with Crippen LogP contribution in [0.1, 0.15) is 0 Å². The lowest BCUT2D eigenvalue weighted by molar-refractivity contribution is -0.442. The van der Waals surface area contributed by atoms with Crippen molar-refractivity contribution < 1.29 is 62.2 Å². The highest BCUT2D eigenvalue weighted by Gasteiger charge is 2.93. The molecule has 14 heteroatoms. The van der Waals surface area contributed by atoms with Gasteiger partial charge in [-0.1, -0.05) is 0 Å². The maximum absolute atomic E-state index is 13.1. The van der Waals surface area contributed by atoms with Crippen LogP contribution in [0.5, 0.6) is 0 Å². The van der Waals surface area contributed by atoms with Gasteiger partial charge in [0.15, 0.2) is 0 Å². The van der Waals surface area contributed by atoms with Crippen LogP contribution in [-0.4, -0.2) is 36.3 Å². The minimum absolute atomic E-state index is 2.01. The Morgan fingerprint density at radius 2 is 0.750 bits per heavy atom. The highest BCUT2D eigenvalue weighted by atomic mass is 19.4. The average Bonchev–Trinajstić information content (AvgIpc) is 2.33. The second-order valence-electron chi connectivity index (χ2n) is 3.42. The van der Waals surface area contributed by atoms with Crippen LogP contribution in [0.4, 0.5) is 52.7 Å². The summed E-state index contributed by atoms with van der Waals surface area (Å²) in [6, 6.07) is -6.28. The molecule has 2 unspecified atom stereocenters. The number of alkyl halides is 12. The Bertz CT molecular complexity index is 366. The third-order valence-corrected chi connectivity index (χ3v) is 2.03. The van der Waals surface area contributed by atoms with Gasteiger partial charge in [0.2, 0.25) is 0 Å². The number of hydrogen-bond donors (Lipinski definition) is 0. The van der Waals surface area contributed by atoms with Gasteiger partial charge in [0.25, 0.3) is 0 Å². The fourth-order valence-electron chi connectivity index (χ4n) is 1.11. The van der Waals surface area contributed by atoms with Gasteiger partial charge in [0.05, 0.1) is 0 Å². The van der Waals surface area contributed by atoms with Gasteiger partial charge in [-0.15, -0.1) is 0 Å². The van der Waals surface area contributed by atoms with Crippen molar-refractivity contribution in [3.8, 4) is 0 Å². The van der Waals surface area contributed by atoms with E-state index in [2.05, 4.69) is 0 Å². The summed E-state index contributed by atoms with van der Waals surface area (Å²) in [4.78, 5) is 0. The Morgan fingerprint density at radius 1 is 0.500 bits per heavy atom. The molecule has 1 aliphatic heterocycles. The molecular weight excluding hydrogens is 332 g/mol. The summed E-state index contributed by atoms with van der Waals surface area (Å²) in [5.74, 6) is -13.5. The monoisotopic (exact) mass is 332 g/mol. The van der Waals surface area contributed by atoms with Gasteiger partial charge in [-0.05, 0) is 0 Å². The molecule has 0 amide bonds. The summed E-state index contributed by atoms with van der Waals surface area (Å²) in [7, 11) is 0. The fraction of sp³-hybridized carbons (Fsp3) is 1.00. The smallest absolute Gasteiger partial charge is 0.266 e. The van der Waals surface area contributed by atoms with E-state index >= 15 is 0 Å². The third kappa shape index (κ3) is 1.99. The van der Waals surface area contributed by atoms with Crippen molar-refractivity contribution in [2.24, 2.45) is 0 Å². The van der Waals surface area contributed by atoms with E-state index in [9.17, 15) is 52.7 Å². The minimum atomic E-state index is -7.02. The first-order chi connectivity index (χ1) is 8.41. The first-order valence-electron chi connectivity index (χ1n) is 4.08. The molecule has 0 spiro atoms. The lowest BCUT2D eigenvalue weighted by atomic mass is 10.1. The van der Waals surface area contributed by atoms with E-state index < -0.39 is 36.3 Å². The maximum Gasteiger partial charge on any atom is 0.478 e. The van der Waals surface area contributed by atoms with Crippen molar-refractivity contribution >= 4 is 0 Å². The quantitative estimate of drug-likeness (QED) is 0.630. The zero-order chi connectivity index (χ0) is 16.4. The van der Waals surface area contributed by atoms with Crippen LogP contribution in [0.25, 0.3) is 0 Å². The first-order valence-corrected chi connectivity index (χ1v) is 4.08. The molecule has 0 radical (unpaired) electrons.